The number of hydrogen-bond donors (Lipinski definition) is 2. The van der Waals surface area contributed by atoms with Crippen LogP contribution in [0.2, 0.25) is 0 Å². The van der Waals surface area contributed by atoms with Crippen LogP contribution >= 0.6 is 15.9 Å². The van der Waals surface area contributed by atoms with Crippen molar-refractivity contribution in [2.75, 3.05) is 12.4 Å². The number of hydrogen-bond acceptors (Lipinski definition) is 5. The summed E-state index contributed by atoms with van der Waals surface area (Å²) in [6.07, 6.45) is 0. The second kappa shape index (κ2) is 6.16. The van der Waals surface area contributed by atoms with Gasteiger partial charge in [-0.1, -0.05) is 33.2 Å². The fraction of sp³-hybridized carbons (Fsp3) is 0.385. The molecule has 0 amide bonds. The molecule has 2 aromatic rings. The smallest absolute Gasteiger partial charge is 0.315 e. The van der Waals surface area contributed by atoms with Crippen molar-refractivity contribution >= 4 is 21.9 Å². The van der Waals surface area contributed by atoms with Crippen molar-refractivity contribution < 1.29 is 4.42 Å². The van der Waals surface area contributed by atoms with E-state index in [9.17, 15) is 0 Å². The monoisotopic (exact) mass is 324 g/mol. The molecule has 2 N–H and O–H groups in total. The highest BCUT2D eigenvalue weighted by Crippen LogP contribution is 2.22. The lowest BCUT2D eigenvalue weighted by Crippen LogP contribution is -2.12. The zero-order valence-electron chi connectivity index (χ0n) is 11.1. The zero-order chi connectivity index (χ0) is 13.8. The Kier molecular flexibility index (Phi) is 4.55. The minimum absolute atomic E-state index is 0.0456. The molecule has 6 heteroatoms. The molecular weight excluding hydrogens is 308 g/mol. The fourth-order valence-corrected chi connectivity index (χ4v) is 2.05. The first kappa shape index (κ1) is 14.0. The molecule has 2 atom stereocenters. The van der Waals surface area contributed by atoms with E-state index in [0.29, 0.717) is 11.9 Å². The van der Waals surface area contributed by atoms with Gasteiger partial charge in [0.05, 0.1) is 12.1 Å². The zero-order valence-corrected chi connectivity index (χ0v) is 12.7. The lowest BCUT2D eigenvalue weighted by Gasteiger charge is -2.12. The van der Waals surface area contributed by atoms with Gasteiger partial charge < -0.3 is 15.1 Å². The van der Waals surface area contributed by atoms with Gasteiger partial charge in [0, 0.05) is 4.47 Å². The number of rotatable bonds is 5. The molecule has 5 nitrogen and oxygen atoms in total. The van der Waals surface area contributed by atoms with Crippen molar-refractivity contribution in [3.05, 3.63) is 40.2 Å². The van der Waals surface area contributed by atoms with Gasteiger partial charge in [-0.25, -0.2) is 0 Å². The van der Waals surface area contributed by atoms with Gasteiger partial charge in [0.2, 0.25) is 5.89 Å². The normalized spacial score (nSPS) is 14.1. The van der Waals surface area contributed by atoms with Gasteiger partial charge in [0.25, 0.3) is 0 Å². The largest absolute Gasteiger partial charge is 0.406 e. The molecule has 0 aliphatic heterocycles. The van der Waals surface area contributed by atoms with E-state index in [4.69, 9.17) is 4.42 Å². The van der Waals surface area contributed by atoms with Gasteiger partial charge in [0.1, 0.15) is 0 Å². The highest BCUT2D eigenvalue weighted by atomic mass is 79.9. The summed E-state index contributed by atoms with van der Waals surface area (Å²) in [5, 5.41) is 14.2. The van der Waals surface area contributed by atoms with E-state index in [1.807, 2.05) is 33.0 Å². The van der Waals surface area contributed by atoms with Crippen LogP contribution in [0.15, 0.2) is 33.2 Å². The molecule has 0 radical (unpaired) electrons. The summed E-state index contributed by atoms with van der Waals surface area (Å²) < 4.78 is 6.60. The molecule has 102 valence electrons. The van der Waals surface area contributed by atoms with E-state index >= 15 is 0 Å². The second-order valence-corrected chi connectivity index (χ2v) is 5.29. The third-order valence-electron chi connectivity index (χ3n) is 2.93. The van der Waals surface area contributed by atoms with Crippen LogP contribution in [-0.4, -0.2) is 17.2 Å². The molecule has 1 aromatic heterocycles. The molecular formula is C13H17BrN4O. The van der Waals surface area contributed by atoms with E-state index < -0.39 is 0 Å². The minimum atomic E-state index is 0.0456. The summed E-state index contributed by atoms with van der Waals surface area (Å²) in [5.74, 6) is 0.575. The molecule has 1 heterocycles. The van der Waals surface area contributed by atoms with Crippen LogP contribution < -0.4 is 10.6 Å². The lowest BCUT2D eigenvalue weighted by molar-refractivity contribution is 0.439. The van der Waals surface area contributed by atoms with Crippen LogP contribution in [0.4, 0.5) is 6.01 Å². The van der Waals surface area contributed by atoms with E-state index in [-0.39, 0.29) is 12.1 Å². The van der Waals surface area contributed by atoms with Crippen LogP contribution in [0.5, 0.6) is 0 Å². The van der Waals surface area contributed by atoms with Crippen molar-refractivity contribution in [2.45, 2.75) is 25.9 Å². The highest BCUT2D eigenvalue weighted by molar-refractivity contribution is 9.10. The summed E-state index contributed by atoms with van der Waals surface area (Å²) >= 11 is 3.46. The third-order valence-corrected chi connectivity index (χ3v) is 3.43. The Morgan fingerprint density at radius 1 is 1.21 bits per heavy atom. The van der Waals surface area contributed by atoms with Crippen LogP contribution in [-0.2, 0) is 0 Å². The fourth-order valence-electron chi connectivity index (χ4n) is 1.64. The molecule has 2 unspecified atom stereocenters. The molecule has 0 aliphatic carbocycles. The molecule has 0 spiro atoms. The van der Waals surface area contributed by atoms with Crippen LogP contribution in [0.1, 0.15) is 37.4 Å². The number of benzene rings is 1. The van der Waals surface area contributed by atoms with Gasteiger partial charge in [0.15, 0.2) is 0 Å². The van der Waals surface area contributed by atoms with Crippen molar-refractivity contribution in [2.24, 2.45) is 0 Å². The summed E-state index contributed by atoms with van der Waals surface area (Å²) in [6.45, 7) is 4.02. The Morgan fingerprint density at radius 2 is 2.00 bits per heavy atom. The quantitative estimate of drug-likeness (QED) is 0.883. The van der Waals surface area contributed by atoms with Gasteiger partial charge >= 0.3 is 6.01 Å². The lowest BCUT2D eigenvalue weighted by atomic mass is 10.1. The molecule has 0 saturated carbocycles. The van der Waals surface area contributed by atoms with E-state index in [1.165, 1.54) is 0 Å². The van der Waals surface area contributed by atoms with Crippen LogP contribution in [0.3, 0.4) is 0 Å². The standard InChI is InChI=1S/C13H17BrN4O/c1-8(10-5-4-6-11(14)7-10)16-13-18-17-12(19-13)9(2)15-3/h4-9,15H,1-3H3,(H,16,18). The Balaban J connectivity index is 2.06. The Bertz CT molecular complexity index is 543. The average molecular weight is 325 g/mol. The number of nitrogens with zero attached hydrogens (tertiary/aromatic N) is 2. The number of nitrogens with one attached hydrogen (secondary N) is 2. The van der Waals surface area contributed by atoms with Crippen molar-refractivity contribution in [1.82, 2.24) is 15.5 Å². The van der Waals surface area contributed by atoms with Crippen LogP contribution in [0.25, 0.3) is 0 Å². The van der Waals surface area contributed by atoms with Crippen LogP contribution in [0, 0.1) is 0 Å². The summed E-state index contributed by atoms with van der Waals surface area (Å²) in [4.78, 5) is 0. The SMILES string of the molecule is CNC(C)c1nnc(NC(C)c2cccc(Br)c2)o1. The number of aromatic nitrogens is 2. The van der Waals surface area contributed by atoms with Crippen molar-refractivity contribution in [3.8, 4) is 0 Å². The highest BCUT2D eigenvalue weighted by Gasteiger charge is 2.14. The molecule has 0 aliphatic rings. The maximum atomic E-state index is 5.55. The Morgan fingerprint density at radius 3 is 2.68 bits per heavy atom. The second-order valence-electron chi connectivity index (χ2n) is 4.38. The van der Waals surface area contributed by atoms with Gasteiger partial charge in [-0.3, -0.25) is 0 Å². The van der Waals surface area contributed by atoms with Gasteiger partial charge in [-0.05, 0) is 38.6 Å². The van der Waals surface area contributed by atoms with Gasteiger partial charge in [-0.15, -0.1) is 5.10 Å². The maximum Gasteiger partial charge on any atom is 0.315 e. The summed E-state index contributed by atoms with van der Waals surface area (Å²) in [7, 11) is 1.85. The van der Waals surface area contributed by atoms with E-state index in [0.717, 1.165) is 10.0 Å². The molecule has 0 bridgehead atoms. The molecule has 0 fully saturated rings. The Hall–Kier alpha value is -1.40. The first-order valence-corrected chi connectivity index (χ1v) is 6.92. The predicted molar refractivity (Wildman–Crippen MR) is 78.0 cm³/mol. The predicted octanol–water partition coefficient (Wildman–Crippen LogP) is 3.29. The number of anilines is 1. The van der Waals surface area contributed by atoms with E-state index in [2.05, 4.69) is 48.9 Å². The average Bonchev–Trinajstić information content (AvgIpc) is 2.86. The van der Waals surface area contributed by atoms with Crippen molar-refractivity contribution in [1.29, 1.82) is 0 Å². The summed E-state index contributed by atoms with van der Waals surface area (Å²) in [5.41, 5.74) is 1.15. The Labute approximate surface area is 120 Å². The van der Waals surface area contributed by atoms with Gasteiger partial charge in [-0.2, -0.15) is 0 Å². The molecule has 2 rings (SSSR count). The topological polar surface area (TPSA) is 63.0 Å². The summed E-state index contributed by atoms with van der Waals surface area (Å²) in [6, 6.07) is 8.68. The molecule has 1 aromatic carbocycles. The maximum absolute atomic E-state index is 5.55. The number of halogens is 1. The van der Waals surface area contributed by atoms with Crippen molar-refractivity contribution in [3.63, 3.8) is 0 Å². The minimum Gasteiger partial charge on any atom is -0.406 e. The molecule has 0 saturated heterocycles. The van der Waals surface area contributed by atoms with E-state index in [1.54, 1.807) is 0 Å². The first-order valence-electron chi connectivity index (χ1n) is 6.13. The third kappa shape index (κ3) is 3.54. The first-order chi connectivity index (χ1) is 9.10. The molecule has 19 heavy (non-hydrogen) atoms.